The lowest BCUT2D eigenvalue weighted by Gasteiger charge is -2.07. The van der Waals surface area contributed by atoms with Crippen molar-refractivity contribution in [2.75, 3.05) is 5.32 Å². The molecular weight excluding hydrogens is 445 g/mol. The SMILES string of the molecule is O=C(Nc1ccc(Br)cc1C(=O)O)c1cc(-c2ccc(C(F)(F)F)cc2)on1. The Balaban J connectivity index is 1.81. The van der Waals surface area contributed by atoms with Gasteiger partial charge in [0.25, 0.3) is 5.91 Å². The van der Waals surface area contributed by atoms with Crippen LogP contribution in [0.1, 0.15) is 26.4 Å². The summed E-state index contributed by atoms with van der Waals surface area (Å²) in [5.41, 5.74) is -0.747. The number of amides is 1. The largest absolute Gasteiger partial charge is 0.478 e. The number of carbonyl (C=O) groups is 2. The van der Waals surface area contributed by atoms with Gasteiger partial charge in [0.15, 0.2) is 11.5 Å². The van der Waals surface area contributed by atoms with Gasteiger partial charge in [-0.15, -0.1) is 0 Å². The monoisotopic (exact) mass is 454 g/mol. The highest BCUT2D eigenvalue weighted by Gasteiger charge is 2.30. The fraction of sp³-hybridized carbons (Fsp3) is 0.0556. The molecule has 0 unspecified atom stereocenters. The van der Waals surface area contributed by atoms with Gasteiger partial charge in [0, 0.05) is 16.1 Å². The highest BCUT2D eigenvalue weighted by molar-refractivity contribution is 9.10. The fourth-order valence-electron chi connectivity index (χ4n) is 2.33. The molecule has 0 spiro atoms. The van der Waals surface area contributed by atoms with E-state index in [9.17, 15) is 27.9 Å². The Hall–Kier alpha value is -3.14. The van der Waals surface area contributed by atoms with E-state index in [1.54, 1.807) is 6.07 Å². The van der Waals surface area contributed by atoms with Crippen LogP contribution in [0.15, 0.2) is 57.5 Å². The fourth-order valence-corrected chi connectivity index (χ4v) is 2.69. The number of rotatable bonds is 4. The number of hydrogen-bond donors (Lipinski definition) is 2. The van der Waals surface area contributed by atoms with E-state index >= 15 is 0 Å². The maximum atomic E-state index is 12.6. The Morgan fingerprint density at radius 2 is 1.75 bits per heavy atom. The van der Waals surface area contributed by atoms with Gasteiger partial charge in [-0.2, -0.15) is 13.2 Å². The van der Waals surface area contributed by atoms with E-state index in [0.717, 1.165) is 12.1 Å². The Bertz CT molecular complexity index is 1050. The van der Waals surface area contributed by atoms with Crippen LogP contribution in [-0.4, -0.2) is 22.1 Å². The van der Waals surface area contributed by atoms with Crippen molar-refractivity contribution in [1.29, 1.82) is 0 Å². The van der Waals surface area contributed by atoms with Crippen molar-refractivity contribution in [2.24, 2.45) is 0 Å². The predicted molar refractivity (Wildman–Crippen MR) is 96.0 cm³/mol. The van der Waals surface area contributed by atoms with E-state index in [0.29, 0.717) is 10.0 Å². The zero-order chi connectivity index (χ0) is 20.5. The van der Waals surface area contributed by atoms with E-state index in [2.05, 4.69) is 26.4 Å². The van der Waals surface area contributed by atoms with Gasteiger partial charge in [0.2, 0.25) is 0 Å². The number of aromatic carboxylic acids is 1. The average molecular weight is 455 g/mol. The van der Waals surface area contributed by atoms with Gasteiger partial charge in [-0.05, 0) is 30.3 Å². The summed E-state index contributed by atoms with van der Waals surface area (Å²) in [4.78, 5) is 23.6. The number of nitrogens with one attached hydrogen (secondary N) is 1. The van der Waals surface area contributed by atoms with Gasteiger partial charge in [0.05, 0.1) is 16.8 Å². The third-order valence-corrected chi connectivity index (χ3v) is 4.19. The highest BCUT2D eigenvalue weighted by atomic mass is 79.9. The molecule has 0 aliphatic heterocycles. The number of nitrogens with zero attached hydrogens (tertiary/aromatic N) is 1. The summed E-state index contributed by atoms with van der Waals surface area (Å²) >= 11 is 3.15. The lowest BCUT2D eigenvalue weighted by molar-refractivity contribution is -0.137. The summed E-state index contributed by atoms with van der Waals surface area (Å²) in [7, 11) is 0. The molecule has 6 nitrogen and oxygen atoms in total. The molecule has 0 saturated carbocycles. The Morgan fingerprint density at radius 1 is 1.07 bits per heavy atom. The second kappa shape index (κ2) is 7.47. The molecule has 1 heterocycles. The lowest BCUT2D eigenvalue weighted by atomic mass is 10.1. The van der Waals surface area contributed by atoms with E-state index in [4.69, 9.17) is 4.52 Å². The van der Waals surface area contributed by atoms with Gasteiger partial charge in [-0.25, -0.2) is 4.79 Å². The molecule has 1 amide bonds. The molecule has 0 saturated heterocycles. The van der Waals surface area contributed by atoms with E-state index in [1.807, 2.05) is 0 Å². The molecular formula is C18H10BrF3N2O4. The number of carboxylic acid groups (broad SMARTS) is 1. The molecule has 28 heavy (non-hydrogen) atoms. The van der Waals surface area contributed by atoms with Crippen LogP contribution in [0.3, 0.4) is 0 Å². The average Bonchev–Trinajstić information content (AvgIpc) is 3.12. The molecule has 0 fully saturated rings. The molecule has 2 aromatic carbocycles. The molecule has 0 aliphatic rings. The van der Waals surface area contributed by atoms with Crippen molar-refractivity contribution in [3.05, 3.63) is 69.8 Å². The number of aromatic nitrogens is 1. The zero-order valence-electron chi connectivity index (χ0n) is 13.7. The van der Waals surface area contributed by atoms with Crippen LogP contribution in [0.4, 0.5) is 18.9 Å². The first-order valence-electron chi connectivity index (χ1n) is 7.63. The first kappa shape index (κ1) is 19.6. The van der Waals surface area contributed by atoms with Gasteiger partial charge in [-0.1, -0.05) is 33.2 Å². The molecule has 10 heteroatoms. The molecule has 3 aromatic rings. The van der Waals surface area contributed by atoms with E-state index < -0.39 is 23.6 Å². The summed E-state index contributed by atoms with van der Waals surface area (Å²) in [5.74, 6) is -1.87. The molecule has 1 aromatic heterocycles. The number of carbonyl (C=O) groups excluding carboxylic acids is 1. The van der Waals surface area contributed by atoms with Crippen LogP contribution in [0.25, 0.3) is 11.3 Å². The topological polar surface area (TPSA) is 92.4 Å². The van der Waals surface area contributed by atoms with Crippen molar-refractivity contribution in [1.82, 2.24) is 5.16 Å². The second-order valence-electron chi connectivity index (χ2n) is 5.60. The summed E-state index contributed by atoms with van der Waals surface area (Å²) in [6, 6.07) is 9.70. The van der Waals surface area contributed by atoms with Crippen LogP contribution in [0, 0.1) is 0 Å². The summed E-state index contributed by atoms with van der Waals surface area (Å²) in [6.45, 7) is 0. The van der Waals surface area contributed by atoms with Crippen molar-refractivity contribution >= 4 is 33.5 Å². The number of anilines is 1. The number of halogens is 4. The predicted octanol–water partition coefficient (Wildman–Crippen LogP) is 5.07. The van der Waals surface area contributed by atoms with E-state index in [-0.39, 0.29) is 22.7 Å². The molecule has 144 valence electrons. The van der Waals surface area contributed by atoms with Crippen LogP contribution in [0.2, 0.25) is 0 Å². The minimum absolute atomic E-state index is 0.0554. The molecule has 0 bridgehead atoms. The molecule has 0 atom stereocenters. The second-order valence-corrected chi connectivity index (χ2v) is 6.52. The van der Waals surface area contributed by atoms with Crippen LogP contribution in [0.5, 0.6) is 0 Å². The molecule has 3 rings (SSSR count). The first-order chi connectivity index (χ1) is 13.1. The lowest BCUT2D eigenvalue weighted by Crippen LogP contribution is -2.15. The van der Waals surface area contributed by atoms with Crippen molar-refractivity contribution in [3.63, 3.8) is 0 Å². The normalized spacial score (nSPS) is 11.3. The van der Waals surface area contributed by atoms with Crippen molar-refractivity contribution in [3.8, 4) is 11.3 Å². The van der Waals surface area contributed by atoms with Crippen molar-refractivity contribution in [2.45, 2.75) is 6.18 Å². The van der Waals surface area contributed by atoms with Crippen molar-refractivity contribution < 1.29 is 32.4 Å². The van der Waals surface area contributed by atoms with Gasteiger partial charge in [-0.3, -0.25) is 4.79 Å². The first-order valence-corrected chi connectivity index (χ1v) is 8.43. The number of benzene rings is 2. The standard InChI is InChI=1S/C18H10BrF3N2O4/c19-11-5-6-13(12(7-11)17(26)27)23-16(25)14-8-15(28-24-14)9-1-3-10(4-2-9)18(20,21)22/h1-8H,(H,23,25)(H,26,27). The van der Waals surface area contributed by atoms with Gasteiger partial charge < -0.3 is 14.9 Å². The zero-order valence-corrected chi connectivity index (χ0v) is 15.3. The van der Waals surface area contributed by atoms with Crippen LogP contribution < -0.4 is 5.32 Å². The molecule has 2 N–H and O–H groups in total. The number of hydrogen-bond acceptors (Lipinski definition) is 4. The summed E-state index contributed by atoms with van der Waals surface area (Å²) in [5, 5.41) is 15.2. The molecule has 0 radical (unpaired) electrons. The summed E-state index contributed by atoms with van der Waals surface area (Å²) in [6.07, 6.45) is -4.46. The number of alkyl halides is 3. The van der Waals surface area contributed by atoms with Crippen LogP contribution in [-0.2, 0) is 6.18 Å². The van der Waals surface area contributed by atoms with Crippen LogP contribution >= 0.6 is 15.9 Å². The third-order valence-electron chi connectivity index (χ3n) is 3.70. The quantitative estimate of drug-likeness (QED) is 0.573. The number of carboxylic acids is 1. The smallest absolute Gasteiger partial charge is 0.416 e. The van der Waals surface area contributed by atoms with E-state index in [1.165, 1.54) is 30.3 Å². The summed E-state index contributed by atoms with van der Waals surface area (Å²) < 4.78 is 43.4. The van der Waals surface area contributed by atoms with Gasteiger partial charge in [0.1, 0.15) is 0 Å². The highest BCUT2D eigenvalue weighted by Crippen LogP contribution is 2.31. The van der Waals surface area contributed by atoms with Gasteiger partial charge >= 0.3 is 12.1 Å². The maximum Gasteiger partial charge on any atom is 0.416 e. The maximum absolute atomic E-state index is 12.6. The minimum Gasteiger partial charge on any atom is -0.478 e. The third kappa shape index (κ3) is 4.22. The Morgan fingerprint density at radius 3 is 2.36 bits per heavy atom. The Kier molecular flexibility index (Phi) is 5.23. The minimum atomic E-state index is -4.46. The Labute approximate surface area is 164 Å². The molecule has 0 aliphatic carbocycles.